The molecule has 1 fully saturated rings. The lowest BCUT2D eigenvalue weighted by atomic mass is 10.1. The van der Waals surface area contributed by atoms with Crippen molar-refractivity contribution in [1.29, 1.82) is 0 Å². The molecule has 2 unspecified atom stereocenters. The van der Waals surface area contributed by atoms with Crippen molar-refractivity contribution in [2.75, 3.05) is 6.54 Å². The number of nitrogens with one attached hydrogen (secondary N) is 1. The standard InChI is InChI=1S/C15H15ClN2O4/c1-2-18(10-7-13(19)17-14(10)20)15(21)12-6-8-5-9(16)3-4-11(8)22-12/h3-5,10,12H,2,6-7H2,1H3,(H,17,19,20). The summed E-state index contributed by atoms with van der Waals surface area (Å²) in [5.41, 5.74) is 0.869. The maximum Gasteiger partial charge on any atom is 0.264 e. The summed E-state index contributed by atoms with van der Waals surface area (Å²) in [4.78, 5) is 37.2. The van der Waals surface area contributed by atoms with E-state index in [1.54, 1.807) is 25.1 Å². The first kappa shape index (κ1) is 14.8. The Bertz CT molecular complexity index is 661. The van der Waals surface area contributed by atoms with Crippen LogP contribution in [0.25, 0.3) is 0 Å². The zero-order valence-corrected chi connectivity index (χ0v) is 12.7. The van der Waals surface area contributed by atoms with Gasteiger partial charge in [-0.25, -0.2) is 0 Å². The molecule has 3 rings (SSSR count). The van der Waals surface area contributed by atoms with Gasteiger partial charge in [0.05, 0.1) is 6.42 Å². The van der Waals surface area contributed by atoms with Gasteiger partial charge in [-0.2, -0.15) is 0 Å². The summed E-state index contributed by atoms with van der Waals surface area (Å²) < 4.78 is 5.66. The van der Waals surface area contributed by atoms with E-state index >= 15 is 0 Å². The number of hydrogen-bond acceptors (Lipinski definition) is 4. The van der Waals surface area contributed by atoms with E-state index in [1.165, 1.54) is 4.90 Å². The maximum absolute atomic E-state index is 12.6. The van der Waals surface area contributed by atoms with Crippen molar-refractivity contribution in [3.05, 3.63) is 28.8 Å². The molecule has 1 aromatic carbocycles. The quantitative estimate of drug-likeness (QED) is 0.839. The van der Waals surface area contributed by atoms with E-state index in [1.807, 2.05) is 0 Å². The second-order valence-electron chi connectivity index (χ2n) is 5.32. The minimum absolute atomic E-state index is 0.00388. The molecule has 2 atom stereocenters. The molecule has 1 saturated heterocycles. The number of imide groups is 1. The van der Waals surface area contributed by atoms with Gasteiger partial charge in [0.1, 0.15) is 11.8 Å². The first-order valence-corrected chi connectivity index (χ1v) is 7.46. The zero-order valence-electron chi connectivity index (χ0n) is 12.0. The van der Waals surface area contributed by atoms with Crippen LogP contribution in [0.5, 0.6) is 5.75 Å². The molecule has 0 aromatic heterocycles. The molecule has 7 heteroatoms. The van der Waals surface area contributed by atoms with Crippen LogP contribution >= 0.6 is 11.6 Å². The van der Waals surface area contributed by atoms with Crippen LogP contribution in [-0.2, 0) is 20.8 Å². The Labute approximate surface area is 132 Å². The number of benzene rings is 1. The number of halogens is 1. The van der Waals surface area contributed by atoms with E-state index in [2.05, 4.69) is 5.32 Å². The Morgan fingerprint density at radius 3 is 2.82 bits per heavy atom. The van der Waals surface area contributed by atoms with Crippen LogP contribution in [0.1, 0.15) is 18.9 Å². The molecule has 22 heavy (non-hydrogen) atoms. The minimum atomic E-state index is -0.749. The maximum atomic E-state index is 12.6. The molecular formula is C15H15ClN2O4. The van der Waals surface area contributed by atoms with Gasteiger partial charge in [0, 0.05) is 18.0 Å². The van der Waals surface area contributed by atoms with E-state index in [4.69, 9.17) is 16.3 Å². The fourth-order valence-corrected chi connectivity index (χ4v) is 3.06. The molecule has 1 N–H and O–H groups in total. The Balaban J connectivity index is 1.76. The van der Waals surface area contributed by atoms with Crippen LogP contribution in [0.2, 0.25) is 5.02 Å². The third-order valence-electron chi connectivity index (χ3n) is 3.92. The number of hydrogen-bond donors (Lipinski definition) is 1. The van der Waals surface area contributed by atoms with Gasteiger partial charge in [0.15, 0.2) is 6.10 Å². The Hall–Kier alpha value is -2.08. The van der Waals surface area contributed by atoms with Crippen molar-refractivity contribution in [2.24, 2.45) is 0 Å². The fourth-order valence-electron chi connectivity index (χ4n) is 2.86. The highest BCUT2D eigenvalue weighted by molar-refractivity contribution is 6.30. The Kier molecular flexibility index (Phi) is 3.78. The van der Waals surface area contributed by atoms with Crippen molar-refractivity contribution in [1.82, 2.24) is 10.2 Å². The summed E-state index contributed by atoms with van der Waals surface area (Å²) in [5, 5.41) is 2.81. The van der Waals surface area contributed by atoms with E-state index in [0.717, 1.165) is 5.56 Å². The van der Waals surface area contributed by atoms with Crippen LogP contribution in [0.15, 0.2) is 18.2 Å². The molecule has 0 radical (unpaired) electrons. The predicted molar refractivity (Wildman–Crippen MR) is 78.5 cm³/mol. The van der Waals surface area contributed by atoms with Crippen molar-refractivity contribution in [3.8, 4) is 5.75 Å². The molecule has 0 spiro atoms. The van der Waals surface area contributed by atoms with Gasteiger partial charge >= 0.3 is 0 Å². The molecule has 1 aromatic rings. The molecule has 2 aliphatic heterocycles. The van der Waals surface area contributed by atoms with Crippen molar-refractivity contribution < 1.29 is 19.1 Å². The highest BCUT2D eigenvalue weighted by Gasteiger charge is 2.41. The number of nitrogens with zero attached hydrogens (tertiary/aromatic N) is 1. The molecule has 6 nitrogen and oxygen atoms in total. The Morgan fingerprint density at radius 1 is 1.41 bits per heavy atom. The minimum Gasteiger partial charge on any atom is -0.480 e. The average molecular weight is 323 g/mol. The third kappa shape index (κ3) is 2.54. The normalized spacial score (nSPS) is 23.0. The number of amides is 3. The van der Waals surface area contributed by atoms with E-state index in [-0.39, 0.29) is 18.2 Å². The molecule has 3 amide bonds. The highest BCUT2D eigenvalue weighted by Crippen LogP contribution is 2.32. The highest BCUT2D eigenvalue weighted by atomic mass is 35.5. The zero-order chi connectivity index (χ0) is 15.9. The molecule has 2 aliphatic rings. The Morgan fingerprint density at radius 2 is 2.18 bits per heavy atom. The summed E-state index contributed by atoms with van der Waals surface area (Å²) in [5.74, 6) is -0.446. The van der Waals surface area contributed by atoms with Gasteiger partial charge < -0.3 is 9.64 Å². The van der Waals surface area contributed by atoms with E-state index in [0.29, 0.717) is 23.7 Å². The van der Waals surface area contributed by atoms with Crippen molar-refractivity contribution in [2.45, 2.75) is 31.9 Å². The summed E-state index contributed by atoms with van der Waals surface area (Å²) >= 11 is 5.94. The number of fused-ring (bicyclic) bond motifs is 1. The van der Waals surface area contributed by atoms with Crippen LogP contribution in [0, 0.1) is 0 Å². The SMILES string of the molecule is CCN(C(=O)C1Cc2cc(Cl)ccc2O1)C1CC(=O)NC1=O. The second kappa shape index (κ2) is 5.61. The van der Waals surface area contributed by atoms with Crippen LogP contribution in [0.4, 0.5) is 0 Å². The summed E-state index contributed by atoms with van der Waals surface area (Å²) in [6.45, 7) is 2.11. The first-order valence-electron chi connectivity index (χ1n) is 7.09. The molecule has 2 heterocycles. The lowest BCUT2D eigenvalue weighted by Gasteiger charge is -2.27. The van der Waals surface area contributed by atoms with Crippen LogP contribution in [-0.4, -0.2) is 41.3 Å². The fraction of sp³-hybridized carbons (Fsp3) is 0.400. The average Bonchev–Trinajstić information content (AvgIpc) is 3.02. The molecular weight excluding hydrogens is 308 g/mol. The lowest BCUT2D eigenvalue weighted by molar-refractivity contribution is -0.143. The molecule has 0 saturated carbocycles. The van der Waals surface area contributed by atoms with Crippen molar-refractivity contribution >= 4 is 29.3 Å². The van der Waals surface area contributed by atoms with Gasteiger partial charge in [-0.3, -0.25) is 19.7 Å². The summed E-state index contributed by atoms with van der Waals surface area (Å²) in [6, 6.07) is 4.45. The van der Waals surface area contributed by atoms with Gasteiger partial charge in [-0.1, -0.05) is 11.6 Å². The number of rotatable bonds is 3. The van der Waals surface area contributed by atoms with Gasteiger partial charge in [0.25, 0.3) is 5.91 Å². The van der Waals surface area contributed by atoms with Crippen molar-refractivity contribution in [3.63, 3.8) is 0 Å². The van der Waals surface area contributed by atoms with E-state index in [9.17, 15) is 14.4 Å². The number of carbonyl (C=O) groups excluding carboxylic acids is 3. The monoisotopic (exact) mass is 322 g/mol. The molecule has 0 aliphatic carbocycles. The van der Waals surface area contributed by atoms with Crippen LogP contribution < -0.4 is 10.1 Å². The third-order valence-corrected chi connectivity index (χ3v) is 4.15. The van der Waals surface area contributed by atoms with Gasteiger partial charge in [-0.15, -0.1) is 0 Å². The molecule has 116 valence electrons. The van der Waals surface area contributed by atoms with E-state index < -0.39 is 18.1 Å². The smallest absolute Gasteiger partial charge is 0.264 e. The number of likely N-dealkylation sites (N-methyl/N-ethyl adjacent to an activating group) is 1. The topological polar surface area (TPSA) is 75.7 Å². The number of carbonyl (C=O) groups is 3. The largest absolute Gasteiger partial charge is 0.480 e. The second-order valence-corrected chi connectivity index (χ2v) is 5.76. The van der Waals surface area contributed by atoms with Crippen LogP contribution in [0.3, 0.4) is 0 Å². The first-order chi connectivity index (χ1) is 10.5. The molecule has 0 bridgehead atoms. The summed E-state index contributed by atoms with van der Waals surface area (Å²) in [6.07, 6.45) is -0.269. The number of ether oxygens (including phenoxy) is 1. The summed E-state index contributed by atoms with van der Waals surface area (Å²) in [7, 11) is 0. The lowest BCUT2D eigenvalue weighted by Crippen LogP contribution is -2.49. The van der Waals surface area contributed by atoms with Gasteiger partial charge in [-0.05, 0) is 30.7 Å². The van der Waals surface area contributed by atoms with Gasteiger partial charge in [0.2, 0.25) is 11.8 Å². The predicted octanol–water partition coefficient (Wildman–Crippen LogP) is 0.907.